The van der Waals surface area contributed by atoms with Gasteiger partial charge in [-0.1, -0.05) is 36.7 Å². The van der Waals surface area contributed by atoms with E-state index in [2.05, 4.69) is 35.8 Å². The first-order valence-electron chi connectivity index (χ1n) is 8.98. The number of halogens is 2. The molecule has 13 heteroatoms. The molecule has 0 aliphatic carbocycles. The zero-order valence-electron chi connectivity index (χ0n) is 16.2. The highest BCUT2D eigenvalue weighted by Gasteiger charge is 2.25. The van der Waals surface area contributed by atoms with Crippen LogP contribution in [0.1, 0.15) is 35.6 Å². The molecule has 3 rings (SSSR count). The SMILES string of the molecule is CCN(CC)Cc1nnn(-c2nonc2N)c1C(=O)N/N=C\c1c(F)cccc1Cl. The minimum Gasteiger partial charge on any atom is -0.378 e. The second kappa shape index (κ2) is 9.41. The van der Waals surface area contributed by atoms with Crippen molar-refractivity contribution in [2.24, 2.45) is 5.10 Å². The predicted molar refractivity (Wildman–Crippen MR) is 107 cm³/mol. The largest absolute Gasteiger partial charge is 0.378 e. The molecule has 0 atom stereocenters. The molecule has 1 aromatic carbocycles. The lowest BCUT2D eigenvalue weighted by Gasteiger charge is -2.16. The van der Waals surface area contributed by atoms with Gasteiger partial charge in [0.25, 0.3) is 5.91 Å². The molecular formula is C17H19ClFN9O2. The molecule has 11 nitrogen and oxygen atoms in total. The first-order valence-corrected chi connectivity index (χ1v) is 9.36. The van der Waals surface area contributed by atoms with Crippen LogP contribution in [0.25, 0.3) is 5.82 Å². The number of nitrogens with one attached hydrogen (secondary N) is 1. The lowest BCUT2D eigenvalue weighted by atomic mass is 10.2. The van der Waals surface area contributed by atoms with Crippen LogP contribution >= 0.6 is 11.6 Å². The first kappa shape index (κ1) is 21.3. The fraction of sp³-hybridized carbons (Fsp3) is 0.294. The molecule has 3 N–H and O–H groups in total. The summed E-state index contributed by atoms with van der Waals surface area (Å²) in [5.41, 5.74) is 8.51. The Morgan fingerprint density at radius 2 is 2.17 bits per heavy atom. The van der Waals surface area contributed by atoms with E-state index in [9.17, 15) is 9.18 Å². The molecule has 0 radical (unpaired) electrons. The van der Waals surface area contributed by atoms with Gasteiger partial charge in [-0.25, -0.2) is 14.4 Å². The molecule has 0 saturated heterocycles. The summed E-state index contributed by atoms with van der Waals surface area (Å²) in [5, 5.41) is 19.2. The lowest BCUT2D eigenvalue weighted by Crippen LogP contribution is -2.27. The molecule has 0 bridgehead atoms. The van der Waals surface area contributed by atoms with Crippen LogP contribution in [0, 0.1) is 5.82 Å². The van der Waals surface area contributed by atoms with Gasteiger partial charge < -0.3 is 5.73 Å². The molecule has 0 spiro atoms. The monoisotopic (exact) mass is 435 g/mol. The molecule has 0 saturated carbocycles. The quantitative estimate of drug-likeness (QED) is 0.401. The highest BCUT2D eigenvalue weighted by atomic mass is 35.5. The van der Waals surface area contributed by atoms with Crippen LogP contribution in [0.3, 0.4) is 0 Å². The van der Waals surface area contributed by atoms with Gasteiger partial charge in [-0.15, -0.1) is 5.10 Å². The number of hydrazone groups is 1. The van der Waals surface area contributed by atoms with E-state index in [4.69, 9.17) is 17.3 Å². The highest BCUT2D eigenvalue weighted by molar-refractivity contribution is 6.33. The van der Waals surface area contributed by atoms with E-state index in [1.807, 2.05) is 18.7 Å². The number of amides is 1. The molecule has 2 heterocycles. The van der Waals surface area contributed by atoms with Crippen LogP contribution < -0.4 is 11.2 Å². The third-order valence-corrected chi connectivity index (χ3v) is 4.61. The Morgan fingerprint density at radius 1 is 1.40 bits per heavy atom. The van der Waals surface area contributed by atoms with Gasteiger partial charge in [-0.2, -0.15) is 9.78 Å². The van der Waals surface area contributed by atoms with Crippen LogP contribution in [-0.2, 0) is 6.54 Å². The lowest BCUT2D eigenvalue weighted by molar-refractivity contribution is 0.0945. The smallest absolute Gasteiger partial charge is 0.292 e. The maximum atomic E-state index is 13.9. The number of carbonyl (C=O) groups is 1. The molecule has 0 unspecified atom stereocenters. The second-order valence-corrected chi connectivity index (χ2v) is 6.47. The number of aromatic nitrogens is 5. The number of anilines is 1. The number of nitrogen functional groups attached to an aromatic ring is 1. The van der Waals surface area contributed by atoms with Crippen molar-refractivity contribution in [3.8, 4) is 5.82 Å². The van der Waals surface area contributed by atoms with Gasteiger partial charge in [-0.3, -0.25) is 9.69 Å². The molecular weight excluding hydrogens is 417 g/mol. The zero-order valence-corrected chi connectivity index (χ0v) is 17.0. The third kappa shape index (κ3) is 4.44. The number of nitrogens with zero attached hydrogens (tertiary/aromatic N) is 7. The minimum atomic E-state index is -0.659. The Balaban J connectivity index is 1.92. The van der Waals surface area contributed by atoms with Crippen LogP contribution in [0.4, 0.5) is 10.2 Å². The average molecular weight is 436 g/mol. The van der Waals surface area contributed by atoms with Gasteiger partial charge in [0.2, 0.25) is 11.6 Å². The molecule has 2 aromatic heterocycles. The van der Waals surface area contributed by atoms with Crippen molar-refractivity contribution in [2.45, 2.75) is 20.4 Å². The number of carbonyl (C=O) groups excluding carboxylic acids is 1. The van der Waals surface area contributed by atoms with Crippen LogP contribution in [0.5, 0.6) is 0 Å². The average Bonchev–Trinajstić information content (AvgIpc) is 3.33. The van der Waals surface area contributed by atoms with Crippen LogP contribution in [0.2, 0.25) is 5.02 Å². The van der Waals surface area contributed by atoms with Gasteiger partial charge in [-0.05, 0) is 35.5 Å². The van der Waals surface area contributed by atoms with Crippen molar-refractivity contribution in [3.05, 3.63) is 46.0 Å². The van der Waals surface area contributed by atoms with Crippen molar-refractivity contribution in [1.82, 2.24) is 35.6 Å². The van der Waals surface area contributed by atoms with Gasteiger partial charge in [0, 0.05) is 12.1 Å². The highest BCUT2D eigenvalue weighted by Crippen LogP contribution is 2.18. The molecule has 30 heavy (non-hydrogen) atoms. The van der Waals surface area contributed by atoms with Crippen molar-refractivity contribution in [2.75, 3.05) is 18.8 Å². The Morgan fingerprint density at radius 3 is 2.80 bits per heavy atom. The molecule has 1 amide bonds. The number of hydrogen-bond acceptors (Lipinski definition) is 9. The number of rotatable bonds is 8. The van der Waals surface area contributed by atoms with E-state index < -0.39 is 11.7 Å². The molecule has 3 aromatic rings. The number of hydrogen-bond donors (Lipinski definition) is 2. The van der Waals surface area contributed by atoms with Crippen molar-refractivity contribution in [1.29, 1.82) is 0 Å². The Hall–Kier alpha value is -3.38. The fourth-order valence-corrected chi connectivity index (χ4v) is 2.85. The van der Waals surface area contributed by atoms with Gasteiger partial charge >= 0.3 is 0 Å². The summed E-state index contributed by atoms with van der Waals surface area (Å²) in [7, 11) is 0. The Bertz CT molecular complexity index is 1040. The van der Waals surface area contributed by atoms with E-state index >= 15 is 0 Å². The van der Waals surface area contributed by atoms with Crippen LogP contribution in [-0.4, -0.2) is 55.4 Å². The van der Waals surface area contributed by atoms with Gasteiger partial charge in [0.1, 0.15) is 11.5 Å². The Labute approximate surface area is 175 Å². The second-order valence-electron chi connectivity index (χ2n) is 6.07. The summed E-state index contributed by atoms with van der Waals surface area (Å²) in [5.74, 6) is -1.28. The van der Waals surface area contributed by atoms with E-state index in [1.54, 1.807) is 0 Å². The van der Waals surface area contributed by atoms with Crippen molar-refractivity contribution in [3.63, 3.8) is 0 Å². The molecule has 0 fully saturated rings. The van der Waals surface area contributed by atoms with E-state index in [0.29, 0.717) is 12.2 Å². The molecule has 0 aliphatic heterocycles. The zero-order chi connectivity index (χ0) is 21.7. The summed E-state index contributed by atoms with van der Waals surface area (Å²) in [6, 6.07) is 4.21. The predicted octanol–water partition coefficient (Wildman–Crippen LogP) is 1.63. The summed E-state index contributed by atoms with van der Waals surface area (Å²) in [6.45, 7) is 5.79. The fourth-order valence-electron chi connectivity index (χ4n) is 2.63. The normalized spacial score (nSPS) is 11.5. The van der Waals surface area contributed by atoms with Crippen LogP contribution in [0.15, 0.2) is 27.9 Å². The standard InChI is InChI=1S/C17H19ClFN9O2/c1-3-27(4-2)9-13-14(28(26-22-13)16-15(20)24-30-25-16)17(29)23-21-8-10-11(18)6-5-7-12(10)19/h5-8H,3-4,9H2,1-2H3,(H2,20,24)(H,23,29)/b21-8-. The maximum Gasteiger partial charge on any atom is 0.292 e. The third-order valence-electron chi connectivity index (χ3n) is 4.28. The summed E-state index contributed by atoms with van der Waals surface area (Å²) >= 11 is 5.96. The van der Waals surface area contributed by atoms with Gasteiger partial charge in [0.05, 0.1) is 11.2 Å². The minimum absolute atomic E-state index is 0.0135. The Kier molecular flexibility index (Phi) is 6.69. The van der Waals surface area contributed by atoms with Crippen molar-refractivity contribution < 1.29 is 13.8 Å². The summed E-state index contributed by atoms with van der Waals surface area (Å²) < 4.78 is 19.6. The molecule has 0 aliphatic rings. The van der Waals surface area contributed by atoms with E-state index in [-0.39, 0.29) is 27.9 Å². The first-order chi connectivity index (χ1) is 14.5. The van der Waals surface area contributed by atoms with E-state index in [1.165, 1.54) is 18.2 Å². The molecule has 158 valence electrons. The summed E-state index contributed by atoms with van der Waals surface area (Å²) in [4.78, 5) is 14.9. The summed E-state index contributed by atoms with van der Waals surface area (Å²) in [6.07, 6.45) is 1.11. The van der Waals surface area contributed by atoms with Crippen molar-refractivity contribution >= 4 is 29.5 Å². The topological polar surface area (TPSA) is 140 Å². The number of nitrogens with two attached hydrogens (primary N) is 1. The maximum absolute atomic E-state index is 13.9. The van der Waals surface area contributed by atoms with Gasteiger partial charge in [0.15, 0.2) is 5.69 Å². The number of benzene rings is 1. The van der Waals surface area contributed by atoms with E-state index in [0.717, 1.165) is 24.0 Å².